The Morgan fingerprint density at radius 3 is 2.81 bits per heavy atom. The van der Waals surface area contributed by atoms with Gasteiger partial charge >= 0.3 is 0 Å². The van der Waals surface area contributed by atoms with E-state index < -0.39 is 0 Å². The summed E-state index contributed by atoms with van der Waals surface area (Å²) in [6.07, 6.45) is 5.11. The molecule has 3 N–H and O–H groups in total. The summed E-state index contributed by atoms with van der Waals surface area (Å²) in [6, 6.07) is 7.87. The number of hydrogen-bond donors (Lipinski definition) is 2. The lowest BCUT2D eigenvalue weighted by Crippen LogP contribution is -2.51. The highest BCUT2D eigenvalue weighted by atomic mass is 16.5. The number of rotatable bonds is 4. The van der Waals surface area contributed by atoms with Crippen LogP contribution in [-0.2, 0) is 11.3 Å². The lowest BCUT2D eigenvalue weighted by Gasteiger charge is -2.40. The number of anilines is 4. The minimum absolute atomic E-state index is 0.0574. The number of ether oxygens (including phenoxy) is 1. The molecule has 0 spiro atoms. The second kappa shape index (κ2) is 8.26. The van der Waals surface area contributed by atoms with Crippen LogP contribution >= 0.6 is 0 Å². The van der Waals surface area contributed by atoms with Gasteiger partial charge in [-0.3, -0.25) is 9.69 Å². The van der Waals surface area contributed by atoms with Gasteiger partial charge < -0.3 is 25.6 Å². The van der Waals surface area contributed by atoms with E-state index in [4.69, 9.17) is 15.5 Å². The number of pyridine rings is 1. The van der Waals surface area contributed by atoms with E-state index in [1.165, 1.54) is 0 Å². The molecule has 0 bridgehead atoms. The Labute approximate surface area is 183 Å². The summed E-state index contributed by atoms with van der Waals surface area (Å²) in [5, 5.41) is 3.09. The number of benzene rings is 1. The maximum atomic E-state index is 12.5. The van der Waals surface area contributed by atoms with Crippen LogP contribution in [0, 0.1) is 0 Å². The number of carbonyl (C=O) groups is 1. The van der Waals surface area contributed by atoms with Gasteiger partial charge in [0.25, 0.3) is 0 Å². The quantitative estimate of drug-likeness (QED) is 0.731. The smallest absolute Gasteiger partial charge is 0.247 e. The molecule has 164 valence electrons. The van der Waals surface area contributed by atoms with Crippen LogP contribution in [0.2, 0.25) is 0 Å². The number of piperazine rings is 1. The summed E-state index contributed by atoms with van der Waals surface area (Å²) in [7, 11) is 1.68. The average Bonchev–Trinajstić information content (AvgIpc) is 2.80. The molecule has 0 aliphatic carbocycles. The molecular weight excluding hydrogens is 392 g/mol. The molecule has 8 nitrogen and oxygen atoms in total. The highest BCUT2D eigenvalue weighted by Gasteiger charge is 2.35. The van der Waals surface area contributed by atoms with E-state index in [1.807, 2.05) is 24.4 Å². The molecule has 8 heteroatoms. The molecule has 2 aromatic rings. The Morgan fingerprint density at radius 1 is 1.16 bits per heavy atom. The molecule has 4 heterocycles. The zero-order valence-electron chi connectivity index (χ0n) is 18.0. The number of nitrogen functional groups attached to an aromatic ring is 1. The van der Waals surface area contributed by atoms with Crippen molar-refractivity contribution in [3.05, 3.63) is 36.0 Å². The maximum absolute atomic E-state index is 12.5. The molecular formula is C23H30N6O2. The molecule has 3 aliphatic heterocycles. The van der Waals surface area contributed by atoms with Crippen LogP contribution in [0.3, 0.4) is 0 Å². The lowest BCUT2D eigenvalue weighted by atomic mass is 9.99. The molecule has 5 rings (SSSR count). The van der Waals surface area contributed by atoms with Crippen molar-refractivity contribution in [1.29, 1.82) is 0 Å². The van der Waals surface area contributed by atoms with Gasteiger partial charge in [-0.1, -0.05) is 0 Å². The number of piperidine rings is 1. The number of aromatic nitrogens is 1. The van der Waals surface area contributed by atoms with Crippen LogP contribution in [0.25, 0.3) is 0 Å². The molecule has 0 unspecified atom stereocenters. The number of nitrogens with one attached hydrogen (secondary N) is 1. The average molecular weight is 423 g/mol. The molecule has 1 amide bonds. The van der Waals surface area contributed by atoms with Crippen molar-refractivity contribution in [2.75, 3.05) is 60.7 Å². The fourth-order valence-electron chi connectivity index (χ4n) is 4.94. The Balaban J connectivity index is 1.24. The van der Waals surface area contributed by atoms with Crippen LogP contribution < -0.4 is 25.6 Å². The number of nitrogens with zero attached hydrogens (tertiary/aromatic N) is 4. The standard InChI is InChI=1S/C23H30N6O2/c1-31-21-13-17(24)5-6-19(21)28-10-8-27(9-11-28)15-16-12-18-22(25-14-16)29-7-3-2-4-20(29)23(30)26-18/h5-6,12-14,20H,2-4,7-11,15,24H2,1H3,(H,26,30)/t20-/m0/s1. The maximum Gasteiger partial charge on any atom is 0.247 e. The first-order chi connectivity index (χ1) is 15.1. The van der Waals surface area contributed by atoms with Crippen LogP contribution in [0.15, 0.2) is 30.5 Å². The van der Waals surface area contributed by atoms with E-state index in [0.29, 0.717) is 5.69 Å². The largest absolute Gasteiger partial charge is 0.495 e. The van der Waals surface area contributed by atoms with Crippen molar-refractivity contribution in [2.45, 2.75) is 31.8 Å². The van der Waals surface area contributed by atoms with Crippen LogP contribution in [0.5, 0.6) is 5.75 Å². The predicted molar refractivity (Wildman–Crippen MR) is 123 cm³/mol. The van der Waals surface area contributed by atoms with E-state index in [2.05, 4.69) is 26.1 Å². The second-order valence-electron chi connectivity index (χ2n) is 8.60. The normalized spacial score (nSPS) is 21.3. The zero-order chi connectivity index (χ0) is 21.4. The Hall–Kier alpha value is -3.00. The third-order valence-corrected chi connectivity index (χ3v) is 6.58. The van der Waals surface area contributed by atoms with Gasteiger partial charge in [0.2, 0.25) is 5.91 Å². The van der Waals surface area contributed by atoms with Crippen molar-refractivity contribution < 1.29 is 9.53 Å². The molecule has 1 aromatic heterocycles. The summed E-state index contributed by atoms with van der Waals surface area (Å²) >= 11 is 0. The van der Waals surface area contributed by atoms with Crippen molar-refractivity contribution in [3.63, 3.8) is 0 Å². The molecule has 0 radical (unpaired) electrons. The fraction of sp³-hybridized carbons (Fsp3) is 0.478. The number of hydrogen-bond acceptors (Lipinski definition) is 7. The summed E-state index contributed by atoms with van der Waals surface area (Å²) < 4.78 is 5.52. The minimum Gasteiger partial charge on any atom is -0.495 e. The first-order valence-electron chi connectivity index (χ1n) is 11.1. The Kier molecular flexibility index (Phi) is 5.31. The lowest BCUT2D eigenvalue weighted by molar-refractivity contribution is -0.118. The van der Waals surface area contributed by atoms with Gasteiger partial charge in [0.1, 0.15) is 11.8 Å². The van der Waals surface area contributed by atoms with Crippen molar-refractivity contribution in [1.82, 2.24) is 9.88 Å². The molecule has 2 fully saturated rings. The monoisotopic (exact) mass is 422 g/mol. The van der Waals surface area contributed by atoms with E-state index in [1.54, 1.807) is 7.11 Å². The van der Waals surface area contributed by atoms with Gasteiger partial charge in [-0.05, 0) is 43.0 Å². The summed E-state index contributed by atoms with van der Waals surface area (Å²) in [6.45, 7) is 5.48. The topological polar surface area (TPSA) is 87.0 Å². The number of fused-ring (bicyclic) bond motifs is 3. The molecule has 3 aliphatic rings. The summed E-state index contributed by atoms with van der Waals surface area (Å²) in [5.41, 5.74) is 9.68. The molecule has 1 aromatic carbocycles. The first kappa shape index (κ1) is 19.9. The molecule has 2 saturated heterocycles. The van der Waals surface area contributed by atoms with E-state index >= 15 is 0 Å². The Bertz CT molecular complexity index is 973. The van der Waals surface area contributed by atoms with Gasteiger partial charge in [0.05, 0.1) is 18.5 Å². The summed E-state index contributed by atoms with van der Waals surface area (Å²) in [4.78, 5) is 24.2. The summed E-state index contributed by atoms with van der Waals surface area (Å²) in [5.74, 6) is 1.85. The number of carbonyl (C=O) groups excluding carboxylic acids is 1. The van der Waals surface area contributed by atoms with E-state index in [9.17, 15) is 4.79 Å². The van der Waals surface area contributed by atoms with E-state index in [0.717, 1.165) is 87.0 Å². The molecule has 0 saturated carbocycles. The Morgan fingerprint density at radius 2 is 2.00 bits per heavy atom. The van der Waals surface area contributed by atoms with Crippen LogP contribution in [0.4, 0.5) is 22.9 Å². The zero-order valence-corrected chi connectivity index (χ0v) is 18.0. The van der Waals surface area contributed by atoms with Crippen LogP contribution in [-0.4, -0.2) is 61.7 Å². The third kappa shape index (κ3) is 3.87. The van der Waals surface area contributed by atoms with Gasteiger partial charge in [-0.15, -0.1) is 0 Å². The fourth-order valence-corrected chi connectivity index (χ4v) is 4.94. The highest BCUT2D eigenvalue weighted by molar-refractivity contribution is 6.02. The van der Waals surface area contributed by atoms with Gasteiger partial charge in [-0.2, -0.15) is 0 Å². The highest BCUT2D eigenvalue weighted by Crippen LogP contribution is 2.35. The van der Waals surface area contributed by atoms with Gasteiger partial charge in [-0.25, -0.2) is 4.98 Å². The third-order valence-electron chi connectivity index (χ3n) is 6.58. The minimum atomic E-state index is -0.0574. The number of nitrogens with two attached hydrogens (primary N) is 1. The van der Waals surface area contributed by atoms with E-state index in [-0.39, 0.29) is 11.9 Å². The number of amides is 1. The molecule has 1 atom stereocenters. The van der Waals surface area contributed by atoms with Crippen molar-refractivity contribution >= 4 is 28.8 Å². The van der Waals surface area contributed by atoms with Crippen molar-refractivity contribution in [3.8, 4) is 5.75 Å². The first-order valence-corrected chi connectivity index (χ1v) is 11.1. The van der Waals surface area contributed by atoms with Gasteiger partial charge in [0.15, 0.2) is 5.82 Å². The van der Waals surface area contributed by atoms with Gasteiger partial charge in [0, 0.05) is 57.2 Å². The molecule has 31 heavy (non-hydrogen) atoms. The number of methoxy groups -OCH3 is 1. The van der Waals surface area contributed by atoms with Crippen LogP contribution in [0.1, 0.15) is 24.8 Å². The van der Waals surface area contributed by atoms with Crippen molar-refractivity contribution in [2.24, 2.45) is 0 Å². The predicted octanol–water partition coefficient (Wildman–Crippen LogP) is 2.31. The second-order valence-corrected chi connectivity index (χ2v) is 8.60. The SMILES string of the molecule is COc1cc(N)ccc1N1CCN(Cc2cnc3c(c2)NC(=O)[C@@H]2CCCCN32)CC1.